The molecule has 18 heteroatoms. The number of amides is 2. The average Bonchev–Trinajstić information content (AvgIpc) is 3.26. The number of benzene rings is 4. The van der Waals surface area contributed by atoms with Crippen molar-refractivity contribution in [3.8, 4) is 11.5 Å². The van der Waals surface area contributed by atoms with Crippen LogP contribution in [0.15, 0.2) is 72.8 Å². The fraction of sp³-hybridized carbons (Fsp3) is 0.348. The Hall–Kier alpha value is -6.20. The fourth-order valence-corrected chi connectivity index (χ4v) is 7.75. The van der Waals surface area contributed by atoms with Crippen molar-refractivity contribution in [2.75, 3.05) is 90.3 Å². The summed E-state index contributed by atoms with van der Waals surface area (Å²) in [4.78, 5) is 61.6. The quantitative estimate of drug-likeness (QED) is 0.0268. The molecule has 338 valence electrons. The summed E-state index contributed by atoms with van der Waals surface area (Å²) in [7, 11) is 3.22. The van der Waals surface area contributed by atoms with Gasteiger partial charge in [-0.1, -0.05) is 23.2 Å². The first-order valence-corrected chi connectivity index (χ1v) is 21.7. The molecule has 16 nitrogen and oxygen atoms in total. The molecule has 6 aromatic rings. The maximum Gasteiger partial charge on any atom is 0.317 e. The van der Waals surface area contributed by atoms with Gasteiger partial charge < -0.3 is 41.0 Å². The molecular formula is C46H52Cl2N8O8. The lowest BCUT2D eigenvalue weighted by Crippen LogP contribution is -2.46. The van der Waals surface area contributed by atoms with Crippen LogP contribution in [0.4, 0.5) is 11.4 Å². The maximum atomic E-state index is 12.9. The summed E-state index contributed by atoms with van der Waals surface area (Å²) in [5, 5.41) is 36.7. The van der Waals surface area contributed by atoms with Crippen LogP contribution >= 0.6 is 23.2 Å². The molecule has 0 spiro atoms. The largest absolute Gasteiger partial charge is 0.497 e. The Balaban J connectivity index is 0.929. The third kappa shape index (κ3) is 13.2. The van der Waals surface area contributed by atoms with Gasteiger partial charge in [-0.2, -0.15) is 0 Å². The summed E-state index contributed by atoms with van der Waals surface area (Å²) >= 11 is 12.5. The molecule has 0 radical (unpaired) electrons. The Kier molecular flexibility index (Phi) is 16.9. The smallest absolute Gasteiger partial charge is 0.317 e. The van der Waals surface area contributed by atoms with E-state index in [0.717, 1.165) is 67.8 Å². The number of carbonyl (C=O) groups excluding carboxylic acids is 2. The number of hydrogen-bond donors (Lipinski definition) is 6. The highest BCUT2D eigenvalue weighted by Gasteiger charge is 2.19. The third-order valence-electron chi connectivity index (χ3n) is 10.5. The van der Waals surface area contributed by atoms with E-state index in [9.17, 15) is 29.4 Å². The second kappa shape index (κ2) is 22.9. The second-order valence-electron chi connectivity index (χ2n) is 15.2. The van der Waals surface area contributed by atoms with Crippen LogP contribution in [-0.4, -0.2) is 133 Å². The number of pyridine rings is 2. The van der Waals surface area contributed by atoms with Crippen LogP contribution in [0.2, 0.25) is 10.0 Å². The number of nitrogens with one attached hydrogen (secondary N) is 4. The van der Waals surface area contributed by atoms with Crippen molar-refractivity contribution in [2.24, 2.45) is 0 Å². The minimum Gasteiger partial charge on any atom is -0.497 e. The normalized spacial score (nSPS) is 11.4. The highest BCUT2D eigenvalue weighted by molar-refractivity contribution is 6.32. The van der Waals surface area contributed by atoms with Crippen molar-refractivity contribution in [2.45, 2.75) is 25.7 Å². The lowest BCUT2D eigenvalue weighted by Gasteiger charge is -2.25. The number of carboxylic acids is 2. The molecule has 0 bridgehead atoms. The standard InChI is InChI=1S/C46H52Cl2N8O8/c1-63-31-9-13-37-35(23-31)45(33-11-7-29(47)21-39(33)53-37)51-17-5-3-15-49-41(57)25-55(27-43(59)60)19-20-56(28-44(61)62)26-42(58)50-16-4-6-18-52-46-34-12-8-30(48)22-40(34)54-38-14-10-32(64-2)24-36(38)46/h7-14,21-24H,3-6,15-20,25-28H2,1-2H3,(H,49,57)(H,50,58)(H,51,53)(H,52,54)(H,59,60)(H,61,62). The van der Waals surface area contributed by atoms with Crippen LogP contribution in [0.25, 0.3) is 43.6 Å². The van der Waals surface area contributed by atoms with Gasteiger partial charge in [0.25, 0.3) is 0 Å². The molecule has 2 amide bonds. The van der Waals surface area contributed by atoms with Gasteiger partial charge in [-0.15, -0.1) is 0 Å². The minimum absolute atomic E-state index is 0.0517. The SMILES string of the molecule is COc1ccc2nc3cc(Cl)ccc3c(NCCCCNC(=O)CN(CCN(CC(=O)O)CC(=O)NCCCCNc3c4ccc(Cl)cc4nc4ccc(OC)cc34)CC(=O)O)c2c1. The molecule has 0 saturated heterocycles. The van der Waals surface area contributed by atoms with Crippen molar-refractivity contribution < 1.29 is 38.9 Å². The molecule has 0 saturated carbocycles. The Bertz CT molecular complexity index is 2450. The van der Waals surface area contributed by atoms with Gasteiger partial charge in [0, 0.05) is 70.9 Å². The molecule has 4 aromatic carbocycles. The van der Waals surface area contributed by atoms with Crippen molar-refractivity contribution in [1.29, 1.82) is 0 Å². The number of halogens is 2. The number of hydrogen-bond acceptors (Lipinski definition) is 12. The van der Waals surface area contributed by atoms with Gasteiger partial charge in [-0.25, -0.2) is 9.97 Å². The van der Waals surface area contributed by atoms with Gasteiger partial charge in [-0.05, 0) is 98.5 Å². The van der Waals surface area contributed by atoms with Gasteiger partial charge >= 0.3 is 11.9 Å². The number of nitrogens with zero attached hydrogens (tertiary/aromatic N) is 4. The van der Waals surface area contributed by atoms with E-state index >= 15 is 0 Å². The zero-order valence-corrected chi connectivity index (χ0v) is 37.2. The number of anilines is 2. The summed E-state index contributed by atoms with van der Waals surface area (Å²) < 4.78 is 10.9. The zero-order chi connectivity index (χ0) is 45.6. The number of carbonyl (C=O) groups is 4. The van der Waals surface area contributed by atoms with Gasteiger partial charge in [-0.3, -0.25) is 29.0 Å². The van der Waals surface area contributed by atoms with E-state index in [2.05, 4.69) is 21.3 Å². The van der Waals surface area contributed by atoms with Crippen LogP contribution in [-0.2, 0) is 19.2 Å². The maximum absolute atomic E-state index is 12.9. The number of aliphatic carboxylic acids is 2. The van der Waals surface area contributed by atoms with Gasteiger partial charge in [0.15, 0.2) is 0 Å². The first-order valence-electron chi connectivity index (χ1n) is 20.9. The predicted octanol–water partition coefficient (Wildman–Crippen LogP) is 6.50. The number of ether oxygens (including phenoxy) is 2. The van der Waals surface area contributed by atoms with Gasteiger partial charge in [0.1, 0.15) is 11.5 Å². The Labute approximate surface area is 380 Å². The van der Waals surface area contributed by atoms with Gasteiger partial charge in [0.2, 0.25) is 11.8 Å². The van der Waals surface area contributed by atoms with Crippen LogP contribution < -0.4 is 30.7 Å². The fourth-order valence-electron chi connectivity index (χ4n) is 7.42. The monoisotopic (exact) mass is 914 g/mol. The van der Waals surface area contributed by atoms with Crippen molar-refractivity contribution in [3.05, 3.63) is 82.8 Å². The lowest BCUT2D eigenvalue weighted by molar-refractivity contribution is -0.141. The molecule has 64 heavy (non-hydrogen) atoms. The number of aromatic nitrogens is 2. The topological polar surface area (TPSA) is 208 Å². The van der Waals surface area contributed by atoms with E-state index in [0.29, 0.717) is 60.6 Å². The Morgan fingerprint density at radius 1 is 0.531 bits per heavy atom. The van der Waals surface area contributed by atoms with Crippen LogP contribution in [0.5, 0.6) is 11.5 Å². The molecule has 0 atom stereocenters. The molecule has 0 aliphatic carbocycles. The van der Waals surface area contributed by atoms with Crippen LogP contribution in [0, 0.1) is 0 Å². The highest BCUT2D eigenvalue weighted by atomic mass is 35.5. The van der Waals surface area contributed by atoms with Crippen molar-refractivity contribution >= 4 is 102 Å². The van der Waals surface area contributed by atoms with E-state index in [1.165, 1.54) is 9.80 Å². The van der Waals surface area contributed by atoms with E-state index < -0.39 is 25.0 Å². The summed E-state index contributed by atoms with van der Waals surface area (Å²) in [5.41, 5.74) is 4.91. The molecule has 0 aliphatic rings. The zero-order valence-electron chi connectivity index (χ0n) is 35.7. The van der Waals surface area contributed by atoms with Crippen molar-refractivity contribution in [3.63, 3.8) is 0 Å². The van der Waals surface area contributed by atoms with E-state index in [-0.39, 0.29) is 38.0 Å². The summed E-state index contributed by atoms with van der Waals surface area (Å²) in [6.45, 7) is 0.754. The van der Waals surface area contributed by atoms with Crippen molar-refractivity contribution in [1.82, 2.24) is 30.4 Å². The van der Waals surface area contributed by atoms with Crippen LogP contribution in [0.1, 0.15) is 25.7 Å². The van der Waals surface area contributed by atoms with E-state index in [1.54, 1.807) is 14.2 Å². The molecule has 0 unspecified atom stereocenters. The number of fused-ring (bicyclic) bond motifs is 4. The third-order valence-corrected chi connectivity index (χ3v) is 11.0. The summed E-state index contributed by atoms with van der Waals surface area (Å²) in [6.07, 6.45) is 2.74. The molecule has 6 N–H and O–H groups in total. The number of unbranched alkanes of at least 4 members (excludes halogenated alkanes) is 2. The van der Waals surface area contributed by atoms with E-state index in [4.69, 9.17) is 42.6 Å². The lowest BCUT2D eigenvalue weighted by atomic mass is 10.1. The highest BCUT2D eigenvalue weighted by Crippen LogP contribution is 2.35. The summed E-state index contributed by atoms with van der Waals surface area (Å²) in [5.74, 6) is -1.59. The van der Waals surface area contributed by atoms with E-state index in [1.807, 2.05) is 72.8 Å². The first kappa shape index (κ1) is 47.3. The van der Waals surface area contributed by atoms with Crippen LogP contribution in [0.3, 0.4) is 0 Å². The molecule has 2 heterocycles. The van der Waals surface area contributed by atoms with Gasteiger partial charge in [0.05, 0.1) is 73.8 Å². The summed E-state index contributed by atoms with van der Waals surface area (Å²) in [6, 6.07) is 22.5. The molecular weight excluding hydrogens is 863 g/mol. The number of carboxylic acid groups (broad SMARTS) is 2. The first-order chi connectivity index (χ1) is 30.9. The molecule has 0 aliphatic heterocycles. The molecule has 2 aromatic heterocycles. The molecule has 0 fully saturated rings. The predicted molar refractivity (Wildman–Crippen MR) is 251 cm³/mol. The average molecular weight is 916 g/mol. The number of rotatable bonds is 25. The molecule has 6 rings (SSSR count). The minimum atomic E-state index is -1.14. The number of methoxy groups -OCH3 is 2. The Morgan fingerprint density at radius 3 is 1.33 bits per heavy atom. The second-order valence-corrected chi connectivity index (χ2v) is 16.1. The Morgan fingerprint density at radius 2 is 0.938 bits per heavy atom.